The largest absolute Gasteiger partial charge is 0.489 e. The van der Waals surface area contributed by atoms with Crippen LogP contribution in [0.4, 0.5) is 9.18 Å². The van der Waals surface area contributed by atoms with Crippen LogP contribution in [0, 0.1) is 5.82 Å². The molecule has 4 N–H and O–H groups in total. The van der Waals surface area contributed by atoms with E-state index >= 15 is 0 Å². The highest BCUT2D eigenvalue weighted by Gasteiger charge is 2.28. The monoisotopic (exact) mass is 609 g/mol. The molecule has 0 radical (unpaired) electrons. The Labute approximate surface area is 230 Å². The molecule has 0 aliphatic carbocycles. The molecule has 206 valence electrons. The van der Waals surface area contributed by atoms with E-state index in [9.17, 15) is 13.8 Å². The minimum atomic E-state index is -4.91. The summed E-state index contributed by atoms with van der Waals surface area (Å²) in [6, 6.07) is 6.19. The molecule has 0 saturated carbocycles. The third-order valence-electron chi connectivity index (χ3n) is 4.82. The number of hydrogen-bond acceptors (Lipinski definition) is 8. The zero-order chi connectivity index (χ0) is 28.2. The quantitative estimate of drug-likeness (QED) is 0.201. The summed E-state index contributed by atoms with van der Waals surface area (Å²) < 4.78 is 41.5. The minimum Gasteiger partial charge on any atom is -0.489 e. The van der Waals surface area contributed by atoms with Gasteiger partial charge in [-0.3, -0.25) is 4.52 Å². The van der Waals surface area contributed by atoms with Gasteiger partial charge in [0.2, 0.25) is 0 Å². The van der Waals surface area contributed by atoms with Crippen LogP contribution in [-0.2, 0) is 9.09 Å². The Bertz CT molecular complexity index is 1360. The number of rotatable bonds is 11. The molecule has 0 bridgehead atoms. The van der Waals surface area contributed by atoms with Crippen molar-refractivity contribution in [1.29, 1.82) is 0 Å². The summed E-state index contributed by atoms with van der Waals surface area (Å²) >= 11 is 13.8. The fraction of sp³-hybridized carbons (Fsp3) is 0.318. The number of nitrogens with one attached hydrogen (secondary N) is 1. The second kappa shape index (κ2) is 12.6. The molecule has 0 unspecified atom stereocenters. The van der Waals surface area contributed by atoms with Gasteiger partial charge >= 0.3 is 13.9 Å². The van der Waals surface area contributed by atoms with Gasteiger partial charge < -0.3 is 29.7 Å². The van der Waals surface area contributed by atoms with E-state index in [1.807, 2.05) is 19.2 Å². The lowest BCUT2D eigenvalue weighted by atomic mass is 10.2. The van der Waals surface area contributed by atoms with Crippen molar-refractivity contribution in [2.45, 2.75) is 39.0 Å². The molecule has 2 atom stereocenters. The van der Waals surface area contributed by atoms with Gasteiger partial charge in [-0.1, -0.05) is 34.5 Å². The maximum atomic E-state index is 14.9. The van der Waals surface area contributed by atoms with Crippen molar-refractivity contribution in [2.24, 2.45) is 0 Å². The molecule has 0 aliphatic rings. The molecule has 0 fully saturated rings. The van der Waals surface area contributed by atoms with Crippen molar-refractivity contribution >= 4 is 48.5 Å². The molecular formula is C22H23Cl2FN3O8PS. The lowest BCUT2D eigenvalue weighted by molar-refractivity contribution is 0.0895. The summed E-state index contributed by atoms with van der Waals surface area (Å²) in [7, 11) is -4.91. The standard InChI is InChI=1S/C22H23Cl2FN3O8PS/c1-10(2)35-18-5-4-12(6-15(18)24)20-27-28-21(38-20)13-7-16(25)19(8-14(13)23)34-9-17(26-22(29)30)11(3)36-37(31,32)33/h4-8,10-11,17,26H,9H2,1-3H3,(H,29,30)(H2,31,32,33)/t11-,17+/m1/s1. The summed E-state index contributed by atoms with van der Waals surface area (Å²) in [6.07, 6.45) is -2.85. The number of ether oxygens (including phenoxy) is 2. The molecule has 38 heavy (non-hydrogen) atoms. The van der Waals surface area contributed by atoms with Crippen LogP contribution < -0.4 is 14.8 Å². The summed E-state index contributed by atoms with van der Waals surface area (Å²) in [4.78, 5) is 29.0. The van der Waals surface area contributed by atoms with E-state index in [0.717, 1.165) is 17.4 Å². The third kappa shape index (κ3) is 8.24. The Hall–Kier alpha value is -2.51. The number of benzene rings is 2. The lowest BCUT2D eigenvalue weighted by Crippen LogP contribution is -2.46. The van der Waals surface area contributed by atoms with Gasteiger partial charge in [-0.05, 0) is 45.0 Å². The topological polar surface area (TPSA) is 160 Å². The van der Waals surface area contributed by atoms with Crippen molar-refractivity contribution < 1.29 is 42.6 Å². The molecule has 2 aromatic carbocycles. The van der Waals surface area contributed by atoms with Gasteiger partial charge in [0.05, 0.1) is 28.3 Å². The first-order chi connectivity index (χ1) is 17.7. The number of hydrogen-bond donors (Lipinski definition) is 4. The predicted octanol–water partition coefficient (Wildman–Crippen LogP) is 5.62. The average Bonchev–Trinajstić information content (AvgIpc) is 3.28. The number of phosphoric ester groups is 1. The normalized spacial score (nSPS) is 13.3. The van der Waals surface area contributed by atoms with Crippen molar-refractivity contribution in [1.82, 2.24) is 15.5 Å². The van der Waals surface area contributed by atoms with E-state index in [0.29, 0.717) is 26.4 Å². The number of carboxylic acid groups (broad SMARTS) is 1. The molecule has 16 heteroatoms. The second-order valence-electron chi connectivity index (χ2n) is 8.15. The fourth-order valence-electron chi connectivity index (χ4n) is 3.16. The average molecular weight is 610 g/mol. The van der Waals surface area contributed by atoms with E-state index in [2.05, 4.69) is 14.7 Å². The van der Waals surface area contributed by atoms with Gasteiger partial charge in [-0.25, -0.2) is 13.8 Å². The van der Waals surface area contributed by atoms with Crippen LogP contribution in [0.25, 0.3) is 21.1 Å². The van der Waals surface area contributed by atoms with E-state index in [4.69, 9.17) is 47.6 Å². The van der Waals surface area contributed by atoms with Gasteiger partial charge in [-0.15, -0.1) is 10.2 Å². The van der Waals surface area contributed by atoms with Crippen LogP contribution >= 0.6 is 42.4 Å². The van der Waals surface area contributed by atoms with E-state index in [1.54, 1.807) is 18.2 Å². The van der Waals surface area contributed by atoms with Gasteiger partial charge in [0, 0.05) is 17.2 Å². The number of nitrogens with zero attached hydrogens (tertiary/aromatic N) is 2. The number of halogens is 3. The third-order valence-corrected chi connectivity index (χ3v) is 7.04. The van der Waals surface area contributed by atoms with Crippen LogP contribution in [-0.4, -0.2) is 56.0 Å². The Morgan fingerprint density at radius 2 is 1.79 bits per heavy atom. The number of carbonyl (C=O) groups is 1. The number of aromatic nitrogens is 2. The van der Waals surface area contributed by atoms with Gasteiger partial charge in [0.25, 0.3) is 0 Å². The highest BCUT2D eigenvalue weighted by molar-refractivity contribution is 7.46. The Morgan fingerprint density at radius 1 is 1.11 bits per heavy atom. The van der Waals surface area contributed by atoms with Gasteiger partial charge in [0.1, 0.15) is 22.4 Å². The molecule has 3 aromatic rings. The first kappa shape index (κ1) is 30.0. The van der Waals surface area contributed by atoms with Crippen molar-refractivity contribution in [3.8, 4) is 32.6 Å². The first-order valence-corrected chi connectivity index (χ1v) is 14.0. The molecule has 0 spiro atoms. The Balaban J connectivity index is 1.78. The molecule has 0 aliphatic heterocycles. The number of phosphoric acid groups is 1. The Morgan fingerprint density at radius 3 is 2.39 bits per heavy atom. The van der Waals surface area contributed by atoms with Crippen LogP contribution in [0.15, 0.2) is 30.3 Å². The molecule has 1 aromatic heterocycles. The van der Waals surface area contributed by atoms with Gasteiger partial charge in [-0.2, -0.15) is 0 Å². The maximum Gasteiger partial charge on any atom is 0.469 e. The van der Waals surface area contributed by atoms with Gasteiger partial charge in [0.15, 0.2) is 11.6 Å². The maximum absolute atomic E-state index is 14.9. The molecule has 3 rings (SSSR count). The SMILES string of the molecule is CC(C)Oc1ccc(-c2nnc(-c3cc(F)c(OC[C@H](NC(=O)O)[C@@H](C)OP(=O)(O)O)cc3Cl)s2)cc1Cl. The summed E-state index contributed by atoms with van der Waals surface area (Å²) in [6.45, 7) is 4.47. The molecular weight excluding hydrogens is 587 g/mol. The van der Waals surface area contributed by atoms with Crippen LogP contribution in [0.2, 0.25) is 10.0 Å². The molecule has 1 amide bonds. The summed E-state index contributed by atoms with van der Waals surface area (Å²) in [5.41, 5.74) is 0.916. The van der Waals surface area contributed by atoms with E-state index in [-0.39, 0.29) is 22.4 Å². The predicted molar refractivity (Wildman–Crippen MR) is 140 cm³/mol. The van der Waals surface area contributed by atoms with E-state index in [1.165, 1.54) is 13.0 Å². The smallest absolute Gasteiger partial charge is 0.469 e. The zero-order valence-corrected chi connectivity index (χ0v) is 23.3. The summed E-state index contributed by atoms with van der Waals surface area (Å²) in [5.74, 6) is -0.632. The fourth-order valence-corrected chi connectivity index (χ4v) is 5.13. The molecule has 1 heterocycles. The highest BCUT2D eigenvalue weighted by atomic mass is 35.5. The Kier molecular flexibility index (Phi) is 9.93. The minimum absolute atomic E-state index is 0.0498. The first-order valence-electron chi connectivity index (χ1n) is 10.9. The lowest BCUT2D eigenvalue weighted by Gasteiger charge is -2.24. The van der Waals surface area contributed by atoms with E-state index < -0.39 is 38.5 Å². The zero-order valence-electron chi connectivity index (χ0n) is 20.1. The van der Waals surface area contributed by atoms with Crippen molar-refractivity contribution in [2.75, 3.05) is 6.61 Å². The second-order valence-corrected chi connectivity index (χ2v) is 11.1. The van der Waals surface area contributed by atoms with Crippen molar-refractivity contribution in [3.05, 3.63) is 46.2 Å². The molecule has 0 saturated heterocycles. The van der Waals surface area contributed by atoms with Crippen LogP contribution in [0.3, 0.4) is 0 Å². The molecule has 11 nitrogen and oxygen atoms in total. The van der Waals surface area contributed by atoms with Crippen LogP contribution in [0.5, 0.6) is 11.5 Å². The van der Waals surface area contributed by atoms with Crippen LogP contribution in [0.1, 0.15) is 20.8 Å². The number of amides is 1. The highest BCUT2D eigenvalue weighted by Crippen LogP contribution is 2.40. The summed E-state index contributed by atoms with van der Waals surface area (Å²) in [5, 5.41) is 20.6. The van der Waals surface area contributed by atoms with Crippen molar-refractivity contribution in [3.63, 3.8) is 0 Å².